The summed E-state index contributed by atoms with van der Waals surface area (Å²) in [5.74, 6) is 1.06. The molecule has 0 aliphatic rings. The zero-order valence-corrected chi connectivity index (χ0v) is 12.6. The highest BCUT2D eigenvalue weighted by Crippen LogP contribution is 2.18. The molecule has 0 saturated heterocycles. The minimum Gasteiger partial charge on any atom is -0.341 e. The van der Waals surface area contributed by atoms with E-state index in [2.05, 4.69) is 50.7 Å². The lowest BCUT2D eigenvalue weighted by Crippen LogP contribution is -2.25. The molecule has 2 aromatic rings. The standard InChI is InChI=1S/C14H20BrN3/c1-3-7-18(8-4-2)10-14-16-12-6-5-11(15)9-13(12)17-14/h5-6,9H,3-4,7-8,10H2,1-2H3,(H,16,17). The van der Waals surface area contributed by atoms with E-state index in [0.29, 0.717) is 0 Å². The average molecular weight is 310 g/mol. The number of H-pyrrole nitrogens is 1. The van der Waals surface area contributed by atoms with E-state index in [0.717, 1.165) is 41.0 Å². The van der Waals surface area contributed by atoms with Gasteiger partial charge in [0.2, 0.25) is 0 Å². The number of rotatable bonds is 6. The van der Waals surface area contributed by atoms with Crippen LogP contribution in [0.15, 0.2) is 22.7 Å². The molecule has 3 nitrogen and oxygen atoms in total. The monoisotopic (exact) mass is 309 g/mol. The van der Waals surface area contributed by atoms with Gasteiger partial charge in [-0.25, -0.2) is 4.98 Å². The maximum Gasteiger partial charge on any atom is 0.121 e. The molecule has 0 fully saturated rings. The smallest absolute Gasteiger partial charge is 0.121 e. The van der Waals surface area contributed by atoms with Gasteiger partial charge < -0.3 is 4.98 Å². The zero-order chi connectivity index (χ0) is 13.0. The predicted octanol–water partition coefficient (Wildman–Crippen LogP) is 3.95. The molecule has 0 spiro atoms. The minimum absolute atomic E-state index is 0.911. The van der Waals surface area contributed by atoms with Crippen molar-refractivity contribution in [2.24, 2.45) is 0 Å². The summed E-state index contributed by atoms with van der Waals surface area (Å²) in [5, 5.41) is 0. The molecule has 2 rings (SSSR count). The van der Waals surface area contributed by atoms with Crippen molar-refractivity contribution >= 4 is 27.0 Å². The van der Waals surface area contributed by atoms with Crippen molar-refractivity contribution in [1.29, 1.82) is 0 Å². The van der Waals surface area contributed by atoms with E-state index in [1.54, 1.807) is 0 Å². The van der Waals surface area contributed by atoms with Crippen LogP contribution < -0.4 is 0 Å². The Labute approximate surface area is 117 Å². The third kappa shape index (κ3) is 3.33. The number of nitrogens with one attached hydrogen (secondary N) is 1. The van der Waals surface area contributed by atoms with Crippen molar-refractivity contribution < 1.29 is 0 Å². The molecule has 98 valence electrons. The van der Waals surface area contributed by atoms with Gasteiger partial charge in [-0.2, -0.15) is 0 Å². The number of aromatic amines is 1. The van der Waals surface area contributed by atoms with Crippen molar-refractivity contribution in [3.63, 3.8) is 0 Å². The molecule has 1 heterocycles. The van der Waals surface area contributed by atoms with E-state index in [-0.39, 0.29) is 0 Å². The predicted molar refractivity (Wildman–Crippen MR) is 79.7 cm³/mol. The molecule has 18 heavy (non-hydrogen) atoms. The number of hydrogen-bond donors (Lipinski definition) is 1. The molecule has 0 aliphatic carbocycles. The highest BCUT2D eigenvalue weighted by atomic mass is 79.9. The quantitative estimate of drug-likeness (QED) is 0.876. The van der Waals surface area contributed by atoms with Crippen molar-refractivity contribution in [2.75, 3.05) is 13.1 Å². The van der Waals surface area contributed by atoms with Crippen LogP contribution in [0, 0.1) is 0 Å². The van der Waals surface area contributed by atoms with Gasteiger partial charge in [-0.3, -0.25) is 4.90 Å². The van der Waals surface area contributed by atoms with Gasteiger partial charge >= 0.3 is 0 Å². The average Bonchev–Trinajstić information content (AvgIpc) is 2.71. The molecule has 1 aromatic carbocycles. The summed E-state index contributed by atoms with van der Waals surface area (Å²) in [7, 11) is 0. The molecule has 1 N–H and O–H groups in total. The molecule has 0 unspecified atom stereocenters. The number of benzene rings is 1. The van der Waals surface area contributed by atoms with Crippen molar-refractivity contribution in [1.82, 2.24) is 14.9 Å². The largest absolute Gasteiger partial charge is 0.341 e. The summed E-state index contributed by atoms with van der Waals surface area (Å²) < 4.78 is 1.09. The summed E-state index contributed by atoms with van der Waals surface area (Å²) in [6.07, 6.45) is 2.37. The maximum atomic E-state index is 4.64. The molecule has 4 heteroatoms. The van der Waals surface area contributed by atoms with Gasteiger partial charge in [-0.15, -0.1) is 0 Å². The van der Waals surface area contributed by atoms with Gasteiger partial charge in [0, 0.05) is 4.47 Å². The summed E-state index contributed by atoms with van der Waals surface area (Å²) >= 11 is 3.48. The second kappa shape index (κ2) is 6.34. The Hall–Kier alpha value is -0.870. The van der Waals surface area contributed by atoms with E-state index < -0.39 is 0 Å². The van der Waals surface area contributed by atoms with E-state index >= 15 is 0 Å². The van der Waals surface area contributed by atoms with Gasteiger partial charge in [0.05, 0.1) is 17.6 Å². The third-order valence-corrected chi connectivity index (χ3v) is 3.44. The van der Waals surface area contributed by atoms with Gasteiger partial charge in [0.25, 0.3) is 0 Å². The fourth-order valence-corrected chi connectivity index (χ4v) is 2.58. The van der Waals surface area contributed by atoms with Crippen molar-refractivity contribution in [2.45, 2.75) is 33.2 Å². The highest BCUT2D eigenvalue weighted by molar-refractivity contribution is 9.10. The summed E-state index contributed by atoms with van der Waals surface area (Å²) in [5.41, 5.74) is 2.15. The fourth-order valence-electron chi connectivity index (χ4n) is 2.22. The molecule has 0 aliphatic heterocycles. The molecule has 1 aromatic heterocycles. The number of imidazole rings is 1. The van der Waals surface area contributed by atoms with Gasteiger partial charge in [0.15, 0.2) is 0 Å². The molecular formula is C14H20BrN3. The Morgan fingerprint density at radius 2 is 1.94 bits per heavy atom. The first-order valence-corrected chi connectivity index (χ1v) is 7.38. The van der Waals surface area contributed by atoms with Crippen molar-refractivity contribution in [3.05, 3.63) is 28.5 Å². The molecular weight excluding hydrogens is 290 g/mol. The van der Waals surface area contributed by atoms with E-state index in [9.17, 15) is 0 Å². The topological polar surface area (TPSA) is 31.9 Å². The van der Waals surface area contributed by atoms with Crippen LogP contribution in [0.25, 0.3) is 11.0 Å². The normalized spacial score (nSPS) is 11.6. The highest BCUT2D eigenvalue weighted by Gasteiger charge is 2.08. The van der Waals surface area contributed by atoms with E-state index in [1.807, 2.05) is 12.1 Å². The Morgan fingerprint density at radius 3 is 2.61 bits per heavy atom. The molecule has 0 radical (unpaired) electrons. The zero-order valence-electron chi connectivity index (χ0n) is 11.0. The number of aromatic nitrogens is 2. The van der Waals surface area contributed by atoms with Crippen LogP contribution in [0.1, 0.15) is 32.5 Å². The third-order valence-electron chi connectivity index (χ3n) is 2.95. The van der Waals surface area contributed by atoms with Crippen LogP contribution >= 0.6 is 15.9 Å². The van der Waals surface area contributed by atoms with E-state index in [4.69, 9.17) is 0 Å². The SMILES string of the molecule is CCCN(CCC)Cc1nc2ccc(Br)cc2[nH]1. The van der Waals surface area contributed by atoms with Crippen molar-refractivity contribution in [3.8, 4) is 0 Å². The number of halogens is 1. The lowest BCUT2D eigenvalue weighted by Gasteiger charge is -2.19. The Kier molecular flexibility index (Phi) is 4.78. The summed E-state index contributed by atoms with van der Waals surface area (Å²) in [6.45, 7) is 7.62. The molecule has 0 saturated carbocycles. The van der Waals surface area contributed by atoms with Crippen LogP contribution in [-0.2, 0) is 6.54 Å². The molecule has 0 bridgehead atoms. The van der Waals surface area contributed by atoms with Crippen LogP contribution in [-0.4, -0.2) is 28.0 Å². The van der Waals surface area contributed by atoms with Gasteiger partial charge in [-0.1, -0.05) is 29.8 Å². The van der Waals surface area contributed by atoms with Crippen LogP contribution in [0.5, 0.6) is 0 Å². The van der Waals surface area contributed by atoms with Crippen LogP contribution in [0.3, 0.4) is 0 Å². The Balaban J connectivity index is 2.14. The molecule has 0 atom stereocenters. The lowest BCUT2D eigenvalue weighted by molar-refractivity contribution is 0.261. The first kappa shape index (κ1) is 13.6. The fraction of sp³-hybridized carbons (Fsp3) is 0.500. The van der Waals surface area contributed by atoms with E-state index in [1.165, 1.54) is 12.8 Å². The number of hydrogen-bond acceptors (Lipinski definition) is 2. The first-order valence-electron chi connectivity index (χ1n) is 6.59. The second-order valence-corrected chi connectivity index (χ2v) is 5.54. The summed E-state index contributed by atoms with van der Waals surface area (Å²) in [4.78, 5) is 10.5. The number of nitrogens with zero attached hydrogens (tertiary/aromatic N) is 2. The first-order chi connectivity index (χ1) is 8.72. The minimum atomic E-state index is 0.911. The van der Waals surface area contributed by atoms with Gasteiger partial charge in [-0.05, 0) is 44.1 Å². The molecule has 0 amide bonds. The summed E-state index contributed by atoms with van der Waals surface area (Å²) in [6, 6.07) is 6.15. The number of fused-ring (bicyclic) bond motifs is 1. The lowest BCUT2D eigenvalue weighted by atomic mass is 10.3. The second-order valence-electron chi connectivity index (χ2n) is 4.62. The maximum absolute atomic E-state index is 4.64. The van der Waals surface area contributed by atoms with Crippen LogP contribution in [0.2, 0.25) is 0 Å². The Morgan fingerprint density at radius 1 is 1.22 bits per heavy atom. The Bertz CT molecular complexity index is 501. The van der Waals surface area contributed by atoms with Crippen LogP contribution in [0.4, 0.5) is 0 Å². The van der Waals surface area contributed by atoms with Gasteiger partial charge in [0.1, 0.15) is 5.82 Å².